The molecule has 1 saturated heterocycles. The van der Waals surface area contributed by atoms with Crippen molar-refractivity contribution in [3.8, 4) is 0 Å². The third-order valence-electron chi connectivity index (χ3n) is 3.35. The second-order valence-corrected chi connectivity index (χ2v) is 5.33. The lowest BCUT2D eigenvalue weighted by Crippen LogP contribution is -2.62. The summed E-state index contributed by atoms with van der Waals surface area (Å²) in [6.45, 7) is 4.97. The molecule has 0 bridgehead atoms. The molecule has 0 aromatic heterocycles. The highest BCUT2D eigenvalue weighted by atomic mass is 35.5. The molecule has 1 aromatic carbocycles. The topological polar surface area (TPSA) is 52.6 Å². The first kappa shape index (κ1) is 13.2. The molecule has 0 saturated carbocycles. The number of nitrogens with one attached hydrogen (secondary N) is 1. The fourth-order valence-electron chi connectivity index (χ4n) is 2.27. The van der Waals surface area contributed by atoms with Crippen LogP contribution in [0.3, 0.4) is 0 Å². The molecule has 98 valence electrons. The third kappa shape index (κ3) is 2.18. The maximum atomic E-state index is 11.9. The lowest BCUT2D eigenvalue weighted by Gasteiger charge is -2.43. The van der Waals surface area contributed by atoms with Gasteiger partial charge in [-0.15, -0.1) is 0 Å². The van der Waals surface area contributed by atoms with Crippen molar-refractivity contribution in [2.75, 3.05) is 18.0 Å². The van der Waals surface area contributed by atoms with Crippen molar-refractivity contribution < 1.29 is 9.90 Å². The molecule has 1 aliphatic rings. The predicted molar refractivity (Wildman–Crippen MR) is 71.8 cm³/mol. The summed E-state index contributed by atoms with van der Waals surface area (Å²) >= 11 is 5.93. The molecular weight excluding hydrogens is 252 g/mol. The summed E-state index contributed by atoms with van der Waals surface area (Å²) in [6.07, 6.45) is 0. The van der Waals surface area contributed by atoms with Crippen LogP contribution in [0.1, 0.15) is 19.4 Å². The van der Waals surface area contributed by atoms with Gasteiger partial charge in [-0.3, -0.25) is 4.79 Å². The standard InChI is InChI=1S/C13H17ClN2O2/c1-13(2)12(18)15-5-6-16(13)11-4-3-10(14)7-9(11)8-17/h3-4,7,17H,5-6,8H2,1-2H3,(H,15,18). The number of amides is 1. The number of aliphatic hydroxyl groups excluding tert-OH is 1. The number of piperazine rings is 1. The van der Waals surface area contributed by atoms with Gasteiger partial charge >= 0.3 is 0 Å². The number of aliphatic hydroxyl groups is 1. The van der Waals surface area contributed by atoms with Crippen molar-refractivity contribution in [1.82, 2.24) is 5.32 Å². The first-order valence-electron chi connectivity index (χ1n) is 5.92. The van der Waals surface area contributed by atoms with Crippen LogP contribution in [0.5, 0.6) is 0 Å². The number of carbonyl (C=O) groups excluding carboxylic acids is 1. The fourth-order valence-corrected chi connectivity index (χ4v) is 2.46. The quantitative estimate of drug-likeness (QED) is 0.856. The van der Waals surface area contributed by atoms with Crippen molar-refractivity contribution in [2.45, 2.75) is 26.0 Å². The monoisotopic (exact) mass is 268 g/mol. The van der Waals surface area contributed by atoms with E-state index in [1.165, 1.54) is 0 Å². The van der Waals surface area contributed by atoms with Crippen LogP contribution in [0, 0.1) is 0 Å². The van der Waals surface area contributed by atoms with Crippen LogP contribution >= 0.6 is 11.6 Å². The second-order valence-electron chi connectivity index (χ2n) is 4.90. The maximum absolute atomic E-state index is 11.9. The van der Waals surface area contributed by atoms with E-state index in [1.54, 1.807) is 12.1 Å². The van der Waals surface area contributed by atoms with Crippen LogP contribution in [0.15, 0.2) is 18.2 Å². The molecule has 1 amide bonds. The van der Waals surface area contributed by atoms with E-state index < -0.39 is 5.54 Å². The number of hydrogen-bond acceptors (Lipinski definition) is 3. The summed E-state index contributed by atoms with van der Waals surface area (Å²) in [7, 11) is 0. The van der Waals surface area contributed by atoms with Crippen LogP contribution in [-0.4, -0.2) is 29.6 Å². The minimum Gasteiger partial charge on any atom is -0.392 e. The molecule has 2 N–H and O–H groups in total. The molecule has 4 nitrogen and oxygen atoms in total. The molecule has 5 heteroatoms. The summed E-state index contributed by atoms with van der Waals surface area (Å²) in [4.78, 5) is 13.9. The second kappa shape index (κ2) is 4.78. The number of anilines is 1. The van der Waals surface area contributed by atoms with E-state index in [-0.39, 0.29) is 12.5 Å². The van der Waals surface area contributed by atoms with E-state index in [1.807, 2.05) is 24.8 Å². The first-order valence-corrected chi connectivity index (χ1v) is 6.30. The van der Waals surface area contributed by atoms with Crippen LogP contribution in [-0.2, 0) is 11.4 Å². The summed E-state index contributed by atoms with van der Waals surface area (Å²) in [5.74, 6) is -0.00686. The Morgan fingerprint density at radius 2 is 2.22 bits per heavy atom. The Bertz CT molecular complexity index is 474. The first-order chi connectivity index (χ1) is 8.46. The van der Waals surface area contributed by atoms with Crippen LogP contribution in [0.4, 0.5) is 5.69 Å². The van der Waals surface area contributed by atoms with Gasteiger partial charge < -0.3 is 15.3 Å². The smallest absolute Gasteiger partial charge is 0.245 e. The van der Waals surface area contributed by atoms with Gasteiger partial charge in [0.15, 0.2) is 0 Å². The Morgan fingerprint density at radius 3 is 2.89 bits per heavy atom. The molecule has 0 radical (unpaired) electrons. The van der Waals surface area contributed by atoms with Gasteiger partial charge in [0.1, 0.15) is 5.54 Å². The highest BCUT2D eigenvalue weighted by Gasteiger charge is 2.38. The average molecular weight is 269 g/mol. The number of hydrogen-bond donors (Lipinski definition) is 2. The summed E-state index contributed by atoms with van der Waals surface area (Å²) < 4.78 is 0. The minimum absolute atomic E-state index is 0.00686. The van der Waals surface area contributed by atoms with Crippen molar-refractivity contribution in [3.63, 3.8) is 0 Å². The Hall–Kier alpha value is -1.26. The molecule has 2 rings (SSSR count). The van der Waals surface area contributed by atoms with Crippen LogP contribution < -0.4 is 10.2 Å². The summed E-state index contributed by atoms with van der Waals surface area (Å²) in [5.41, 5.74) is 0.975. The van der Waals surface area contributed by atoms with Gasteiger partial charge in [-0.05, 0) is 32.0 Å². The normalized spacial score (nSPS) is 18.7. The van der Waals surface area contributed by atoms with Gasteiger partial charge in [0.2, 0.25) is 5.91 Å². The van der Waals surface area contributed by atoms with Crippen molar-refractivity contribution in [1.29, 1.82) is 0 Å². The SMILES string of the molecule is CC1(C)C(=O)NCCN1c1ccc(Cl)cc1CO. The Kier molecular flexibility index (Phi) is 3.50. The molecule has 1 aromatic rings. The fraction of sp³-hybridized carbons (Fsp3) is 0.462. The molecule has 0 aliphatic carbocycles. The van der Waals surface area contributed by atoms with E-state index in [0.717, 1.165) is 11.3 Å². The van der Waals surface area contributed by atoms with E-state index in [9.17, 15) is 9.90 Å². The Balaban J connectivity index is 2.44. The predicted octanol–water partition coefficient (Wildman–Crippen LogP) is 1.55. The van der Waals surface area contributed by atoms with Gasteiger partial charge in [0, 0.05) is 29.4 Å². The molecule has 0 atom stereocenters. The van der Waals surface area contributed by atoms with Gasteiger partial charge in [-0.2, -0.15) is 0 Å². The van der Waals surface area contributed by atoms with Gasteiger partial charge in [0.05, 0.1) is 6.61 Å². The Labute approximate surface area is 112 Å². The zero-order valence-corrected chi connectivity index (χ0v) is 11.3. The van der Waals surface area contributed by atoms with Crippen molar-refractivity contribution >= 4 is 23.2 Å². The number of carbonyl (C=O) groups is 1. The molecule has 1 heterocycles. The highest BCUT2D eigenvalue weighted by molar-refractivity contribution is 6.30. The van der Waals surface area contributed by atoms with Gasteiger partial charge in [-0.25, -0.2) is 0 Å². The molecule has 0 spiro atoms. The molecule has 18 heavy (non-hydrogen) atoms. The number of nitrogens with zero attached hydrogens (tertiary/aromatic N) is 1. The lowest BCUT2D eigenvalue weighted by molar-refractivity contribution is -0.126. The lowest BCUT2D eigenvalue weighted by atomic mass is 9.96. The van der Waals surface area contributed by atoms with E-state index >= 15 is 0 Å². The number of rotatable bonds is 2. The third-order valence-corrected chi connectivity index (χ3v) is 3.59. The zero-order chi connectivity index (χ0) is 13.3. The summed E-state index contributed by atoms with van der Waals surface area (Å²) in [5, 5.41) is 12.9. The molecule has 1 fully saturated rings. The molecule has 0 unspecified atom stereocenters. The number of benzene rings is 1. The van der Waals surface area contributed by atoms with Gasteiger partial charge in [-0.1, -0.05) is 11.6 Å². The average Bonchev–Trinajstić information content (AvgIpc) is 2.33. The largest absolute Gasteiger partial charge is 0.392 e. The minimum atomic E-state index is -0.629. The van der Waals surface area contributed by atoms with Crippen LogP contribution in [0.2, 0.25) is 5.02 Å². The van der Waals surface area contributed by atoms with E-state index in [0.29, 0.717) is 18.1 Å². The van der Waals surface area contributed by atoms with Crippen molar-refractivity contribution in [3.05, 3.63) is 28.8 Å². The van der Waals surface area contributed by atoms with E-state index in [2.05, 4.69) is 5.32 Å². The van der Waals surface area contributed by atoms with E-state index in [4.69, 9.17) is 11.6 Å². The van der Waals surface area contributed by atoms with Gasteiger partial charge in [0.25, 0.3) is 0 Å². The molecule has 1 aliphatic heterocycles. The zero-order valence-electron chi connectivity index (χ0n) is 10.5. The maximum Gasteiger partial charge on any atom is 0.245 e. The highest BCUT2D eigenvalue weighted by Crippen LogP contribution is 2.31. The van der Waals surface area contributed by atoms with Crippen LogP contribution in [0.25, 0.3) is 0 Å². The van der Waals surface area contributed by atoms with Crippen molar-refractivity contribution in [2.24, 2.45) is 0 Å². The molecular formula is C13H17ClN2O2. The Morgan fingerprint density at radius 1 is 1.50 bits per heavy atom. The number of halogens is 1. The summed E-state index contributed by atoms with van der Waals surface area (Å²) in [6, 6.07) is 5.37.